The van der Waals surface area contributed by atoms with Gasteiger partial charge >= 0.3 is 0 Å². The average Bonchev–Trinajstić information content (AvgIpc) is 2.71. The number of hydrogen-bond donors (Lipinski definition) is 0. The monoisotopic (exact) mass is 406 g/mol. The molecule has 0 spiro atoms. The van der Waals surface area contributed by atoms with Gasteiger partial charge in [0, 0.05) is 10.8 Å². The second kappa shape index (κ2) is 8.21. The molecule has 0 amide bonds. The number of fused-ring (bicyclic) bond motifs is 1. The summed E-state index contributed by atoms with van der Waals surface area (Å²) < 4.78 is 1.76. The molecule has 0 aliphatic rings. The minimum Gasteiger partial charge on any atom is -0.283 e. The van der Waals surface area contributed by atoms with Crippen LogP contribution in [0.25, 0.3) is 10.9 Å². The molecule has 0 saturated heterocycles. The molecule has 0 N–H and O–H groups in total. The van der Waals surface area contributed by atoms with Gasteiger partial charge in [-0.1, -0.05) is 71.9 Å². The summed E-state index contributed by atoms with van der Waals surface area (Å²) in [5.74, 6) is 0.762. The van der Waals surface area contributed by atoms with Crippen molar-refractivity contribution in [2.45, 2.75) is 24.4 Å². The van der Waals surface area contributed by atoms with E-state index in [0.29, 0.717) is 17.0 Å². The molecule has 140 valence electrons. The standard InChI is InChI=1S/C23H19ClN2OS/c1-16-6-2-3-7-18(16)15-28-23-25-21-9-5-4-8-20(21)22(27)26(23)14-17-10-12-19(24)13-11-17/h2-13H,14-15H2,1H3. The van der Waals surface area contributed by atoms with Crippen molar-refractivity contribution < 1.29 is 0 Å². The first-order valence-electron chi connectivity index (χ1n) is 9.03. The molecule has 0 bridgehead atoms. The highest BCUT2D eigenvalue weighted by molar-refractivity contribution is 7.98. The summed E-state index contributed by atoms with van der Waals surface area (Å²) in [6, 6.07) is 23.4. The zero-order valence-corrected chi connectivity index (χ0v) is 17.0. The molecule has 0 aliphatic carbocycles. The highest BCUT2D eigenvalue weighted by Gasteiger charge is 2.12. The van der Waals surface area contributed by atoms with Gasteiger partial charge in [0.2, 0.25) is 0 Å². The fraction of sp³-hybridized carbons (Fsp3) is 0.130. The normalized spacial score (nSPS) is 11.1. The van der Waals surface area contributed by atoms with Crippen LogP contribution in [0.15, 0.2) is 82.7 Å². The van der Waals surface area contributed by atoms with Crippen LogP contribution in [0.3, 0.4) is 0 Å². The van der Waals surface area contributed by atoms with Gasteiger partial charge in [0.25, 0.3) is 5.56 Å². The van der Waals surface area contributed by atoms with Crippen LogP contribution in [0.5, 0.6) is 0 Å². The molecule has 4 aromatic rings. The molecular formula is C23H19ClN2OS. The Balaban J connectivity index is 1.75. The second-order valence-electron chi connectivity index (χ2n) is 6.64. The van der Waals surface area contributed by atoms with E-state index in [-0.39, 0.29) is 5.56 Å². The van der Waals surface area contributed by atoms with Crippen LogP contribution in [-0.2, 0) is 12.3 Å². The van der Waals surface area contributed by atoms with Crippen molar-refractivity contribution in [3.63, 3.8) is 0 Å². The number of benzene rings is 3. The van der Waals surface area contributed by atoms with Gasteiger partial charge in [0.15, 0.2) is 5.16 Å². The first-order valence-corrected chi connectivity index (χ1v) is 10.4. The molecule has 4 rings (SSSR count). The molecule has 0 saturated carbocycles. The lowest BCUT2D eigenvalue weighted by atomic mass is 10.1. The van der Waals surface area contributed by atoms with E-state index in [9.17, 15) is 4.79 Å². The number of aryl methyl sites for hydroxylation is 1. The summed E-state index contributed by atoms with van der Waals surface area (Å²) in [6.07, 6.45) is 0. The maximum Gasteiger partial charge on any atom is 0.262 e. The van der Waals surface area contributed by atoms with Crippen molar-refractivity contribution in [3.8, 4) is 0 Å². The van der Waals surface area contributed by atoms with Gasteiger partial charge < -0.3 is 0 Å². The highest BCUT2D eigenvalue weighted by atomic mass is 35.5. The van der Waals surface area contributed by atoms with E-state index >= 15 is 0 Å². The number of para-hydroxylation sites is 1. The second-order valence-corrected chi connectivity index (χ2v) is 8.02. The Morgan fingerprint density at radius 1 is 0.964 bits per heavy atom. The molecule has 0 aliphatic heterocycles. The molecule has 1 aromatic heterocycles. The van der Waals surface area contributed by atoms with Gasteiger partial charge in [-0.3, -0.25) is 9.36 Å². The number of halogens is 1. The minimum atomic E-state index is -0.0205. The maximum absolute atomic E-state index is 13.2. The molecule has 3 nitrogen and oxygen atoms in total. The lowest BCUT2D eigenvalue weighted by Gasteiger charge is -2.14. The fourth-order valence-corrected chi connectivity index (χ4v) is 4.28. The Morgan fingerprint density at radius 3 is 2.46 bits per heavy atom. The zero-order chi connectivity index (χ0) is 19.5. The largest absolute Gasteiger partial charge is 0.283 e. The first-order chi connectivity index (χ1) is 13.6. The van der Waals surface area contributed by atoms with Crippen LogP contribution >= 0.6 is 23.4 Å². The number of nitrogens with zero attached hydrogens (tertiary/aromatic N) is 2. The van der Waals surface area contributed by atoms with Crippen LogP contribution in [0, 0.1) is 6.92 Å². The fourth-order valence-electron chi connectivity index (χ4n) is 3.08. The molecule has 0 radical (unpaired) electrons. The van der Waals surface area contributed by atoms with Crippen LogP contribution in [-0.4, -0.2) is 9.55 Å². The number of aromatic nitrogens is 2. The average molecular weight is 407 g/mol. The summed E-state index contributed by atoms with van der Waals surface area (Å²) in [4.78, 5) is 18.0. The molecule has 0 fully saturated rings. The van der Waals surface area contributed by atoms with Crippen LogP contribution in [0.4, 0.5) is 0 Å². The maximum atomic E-state index is 13.2. The third-order valence-electron chi connectivity index (χ3n) is 4.70. The van der Waals surface area contributed by atoms with E-state index in [0.717, 1.165) is 22.0 Å². The molecule has 28 heavy (non-hydrogen) atoms. The van der Waals surface area contributed by atoms with E-state index in [1.54, 1.807) is 16.3 Å². The van der Waals surface area contributed by atoms with Crippen molar-refractivity contribution in [2.24, 2.45) is 0 Å². The summed E-state index contributed by atoms with van der Waals surface area (Å²) in [5, 5.41) is 2.04. The first kappa shape index (κ1) is 18.8. The van der Waals surface area contributed by atoms with Crippen molar-refractivity contribution in [3.05, 3.63) is 105 Å². The van der Waals surface area contributed by atoms with E-state index in [1.165, 1.54) is 11.1 Å². The molecule has 1 heterocycles. The molecule has 0 atom stereocenters. The van der Waals surface area contributed by atoms with E-state index < -0.39 is 0 Å². The van der Waals surface area contributed by atoms with Gasteiger partial charge in [-0.05, 0) is 47.9 Å². The van der Waals surface area contributed by atoms with Crippen LogP contribution in [0.1, 0.15) is 16.7 Å². The smallest absolute Gasteiger partial charge is 0.262 e. The number of hydrogen-bond acceptors (Lipinski definition) is 3. The summed E-state index contributed by atoms with van der Waals surface area (Å²) in [6.45, 7) is 2.56. The van der Waals surface area contributed by atoms with E-state index in [1.807, 2.05) is 60.7 Å². The predicted octanol–water partition coefficient (Wildman–Crippen LogP) is 5.70. The van der Waals surface area contributed by atoms with E-state index in [2.05, 4.69) is 19.1 Å². The Kier molecular flexibility index (Phi) is 5.51. The topological polar surface area (TPSA) is 34.9 Å². The van der Waals surface area contributed by atoms with Crippen molar-refractivity contribution >= 4 is 34.3 Å². The Hall–Kier alpha value is -2.56. The Labute approximate surface area is 173 Å². The Morgan fingerprint density at radius 2 is 1.68 bits per heavy atom. The lowest BCUT2D eigenvalue weighted by molar-refractivity contribution is 0.658. The van der Waals surface area contributed by atoms with Crippen molar-refractivity contribution in [1.29, 1.82) is 0 Å². The van der Waals surface area contributed by atoms with Gasteiger partial charge in [-0.15, -0.1) is 0 Å². The number of thioether (sulfide) groups is 1. The third-order valence-corrected chi connectivity index (χ3v) is 5.98. The molecule has 3 aromatic carbocycles. The SMILES string of the molecule is Cc1ccccc1CSc1nc2ccccc2c(=O)n1Cc1ccc(Cl)cc1. The van der Waals surface area contributed by atoms with Gasteiger partial charge in [0.1, 0.15) is 0 Å². The van der Waals surface area contributed by atoms with Crippen molar-refractivity contribution in [1.82, 2.24) is 9.55 Å². The zero-order valence-electron chi connectivity index (χ0n) is 15.4. The quantitative estimate of drug-likeness (QED) is 0.315. The number of rotatable bonds is 5. The molecule has 5 heteroatoms. The highest BCUT2D eigenvalue weighted by Crippen LogP contribution is 2.24. The molecular weight excluding hydrogens is 388 g/mol. The van der Waals surface area contributed by atoms with Crippen molar-refractivity contribution in [2.75, 3.05) is 0 Å². The summed E-state index contributed by atoms with van der Waals surface area (Å²) >= 11 is 7.59. The van der Waals surface area contributed by atoms with E-state index in [4.69, 9.17) is 16.6 Å². The van der Waals surface area contributed by atoms with Gasteiger partial charge in [0.05, 0.1) is 17.4 Å². The van der Waals surface area contributed by atoms with Crippen LogP contribution in [0.2, 0.25) is 5.02 Å². The lowest BCUT2D eigenvalue weighted by Crippen LogP contribution is -2.24. The van der Waals surface area contributed by atoms with Gasteiger partial charge in [-0.2, -0.15) is 0 Å². The van der Waals surface area contributed by atoms with Gasteiger partial charge in [-0.25, -0.2) is 4.98 Å². The minimum absolute atomic E-state index is 0.0205. The Bertz CT molecular complexity index is 1190. The third kappa shape index (κ3) is 3.98. The summed E-state index contributed by atoms with van der Waals surface area (Å²) in [5.41, 5.74) is 4.21. The molecule has 0 unspecified atom stereocenters. The predicted molar refractivity (Wildman–Crippen MR) is 117 cm³/mol. The van der Waals surface area contributed by atoms with Crippen LogP contribution < -0.4 is 5.56 Å². The summed E-state index contributed by atoms with van der Waals surface area (Å²) in [7, 11) is 0.